The first kappa shape index (κ1) is 12.0. The lowest BCUT2D eigenvalue weighted by Gasteiger charge is -2.21. The summed E-state index contributed by atoms with van der Waals surface area (Å²) in [6.07, 6.45) is 8.45. The van der Waals surface area contributed by atoms with Crippen molar-refractivity contribution in [3.05, 3.63) is 21.6 Å². The first-order valence-electron chi connectivity index (χ1n) is 6.71. The van der Waals surface area contributed by atoms with E-state index in [0.717, 1.165) is 24.3 Å². The third kappa shape index (κ3) is 2.26. The van der Waals surface area contributed by atoms with Crippen LogP contribution in [0.2, 0.25) is 5.02 Å². The van der Waals surface area contributed by atoms with E-state index in [4.69, 9.17) is 11.6 Å². The second-order valence-corrected chi connectivity index (χ2v) is 5.96. The maximum Gasteiger partial charge on any atom is 0.285 e. The minimum absolute atomic E-state index is 0.206. The average Bonchev–Trinajstić information content (AvgIpc) is 2.97. The molecule has 2 aliphatic carbocycles. The molecule has 2 fully saturated rings. The first-order valence-corrected chi connectivity index (χ1v) is 7.09. The molecule has 0 saturated heterocycles. The van der Waals surface area contributed by atoms with Gasteiger partial charge in [0.15, 0.2) is 0 Å². The zero-order chi connectivity index (χ0) is 12.5. The number of rotatable bonds is 4. The summed E-state index contributed by atoms with van der Waals surface area (Å²) >= 11 is 5.91. The van der Waals surface area contributed by atoms with Crippen LogP contribution in [0.1, 0.15) is 32.1 Å². The summed E-state index contributed by atoms with van der Waals surface area (Å²) in [5.74, 6) is 2.80. The van der Waals surface area contributed by atoms with Crippen molar-refractivity contribution < 1.29 is 0 Å². The molecule has 2 aliphatic rings. The second kappa shape index (κ2) is 4.92. The van der Waals surface area contributed by atoms with Gasteiger partial charge in [-0.1, -0.05) is 18.0 Å². The molecular formula is C13H18ClN3O. The van der Waals surface area contributed by atoms with Crippen LogP contribution >= 0.6 is 11.6 Å². The zero-order valence-electron chi connectivity index (χ0n) is 10.3. The van der Waals surface area contributed by atoms with E-state index >= 15 is 0 Å². The predicted octanol–water partition coefficient (Wildman–Crippen LogP) is 2.66. The van der Waals surface area contributed by atoms with E-state index < -0.39 is 0 Å². The van der Waals surface area contributed by atoms with E-state index in [0.29, 0.717) is 5.69 Å². The zero-order valence-corrected chi connectivity index (χ0v) is 11.0. The third-order valence-electron chi connectivity index (χ3n) is 4.51. The average molecular weight is 268 g/mol. The van der Waals surface area contributed by atoms with Crippen LogP contribution in [-0.4, -0.2) is 16.7 Å². The Kier molecular flexibility index (Phi) is 3.29. The van der Waals surface area contributed by atoms with E-state index in [1.807, 2.05) is 0 Å². The van der Waals surface area contributed by atoms with Gasteiger partial charge in [-0.15, -0.1) is 0 Å². The molecule has 4 nitrogen and oxygen atoms in total. The van der Waals surface area contributed by atoms with Crippen molar-refractivity contribution in [3.63, 3.8) is 0 Å². The lowest BCUT2D eigenvalue weighted by atomic mass is 9.86. The van der Waals surface area contributed by atoms with E-state index in [1.165, 1.54) is 32.1 Å². The van der Waals surface area contributed by atoms with Crippen LogP contribution in [0.25, 0.3) is 0 Å². The summed E-state index contributed by atoms with van der Waals surface area (Å²) in [4.78, 5) is 11.3. The number of aromatic nitrogens is 2. The molecule has 1 heterocycles. The summed E-state index contributed by atoms with van der Waals surface area (Å²) in [6.45, 7) is 0.874. The van der Waals surface area contributed by atoms with Crippen molar-refractivity contribution in [1.29, 1.82) is 0 Å². The summed E-state index contributed by atoms with van der Waals surface area (Å²) in [5.41, 5.74) is 0.310. The maximum absolute atomic E-state index is 11.3. The molecule has 3 unspecified atom stereocenters. The highest BCUT2D eigenvalue weighted by Crippen LogP contribution is 2.49. The van der Waals surface area contributed by atoms with E-state index in [2.05, 4.69) is 15.5 Å². The van der Waals surface area contributed by atoms with Crippen LogP contribution in [0.15, 0.2) is 11.0 Å². The Bertz CT molecular complexity index is 487. The fraction of sp³-hybridized carbons (Fsp3) is 0.692. The normalized spacial score (nSPS) is 29.7. The SMILES string of the molecule is O=c1[nH]ncc(NCCC2CC3CCC2C3)c1Cl. The third-order valence-corrected chi connectivity index (χ3v) is 4.89. The van der Waals surface area contributed by atoms with Crippen LogP contribution in [0, 0.1) is 17.8 Å². The number of hydrogen-bond acceptors (Lipinski definition) is 3. The van der Waals surface area contributed by atoms with Gasteiger partial charge in [0.2, 0.25) is 0 Å². The monoisotopic (exact) mass is 267 g/mol. The van der Waals surface area contributed by atoms with Gasteiger partial charge in [-0.05, 0) is 43.4 Å². The van der Waals surface area contributed by atoms with Crippen LogP contribution in [-0.2, 0) is 0 Å². The molecule has 0 aromatic carbocycles. The molecule has 5 heteroatoms. The number of fused-ring (bicyclic) bond motifs is 2. The Balaban J connectivity index is 1.53. The van der Waals surface area contributed by atoms with Gasteiger partial charge in [-0.3, -0.25) is 4.79 Å². The number of nitrogens with one attached hydrogen (secondary N) is 2. The molecule has 1 aromatic heterocycles. The smallest absolute Gasteiger partial charge is 0.285 e. The summed E-state index contributed by atoms with van der Waals surface area (Å²) in [6, 6.07) is 0. The van der Waals surface area contributed by atoms with Crippen molar-refractivity contribution in [2.24, 2.45) is 17.8 Å². The number of hydrogen-bond donors (Lipinski definition) is 2. The molecule has 2 saturated carbocycles. The Morgan fingerprint density at radius 1 is 1.44 bits per heavy atom. The summed E-state index contributed by atoms with van der Waals surface area (Å²) in [7, 11) is 0. The first-order chi connectivity index (χ1) is 8.74. The van der Waals surface area contributed by atoms with Gasteiger partial charge in [0.25, 0.3) is 5.56 Å². The number of anilines is 1. The maximum atomic E-state index is 11.3. The second-order valence-electron chi connectivity index (χ2n) is 5.58. The van der Waals surface area contributed by atoms with Gasteiger partial charge in [0.1, 0.15) is 5.02 Å². The van der Waals surface area contributed by atoms with E-state index in [1.54, 1.807) is 6.20 Å². The van der Waals surface area contributed by atoms with Crippen LogP contribution in [0.3, 0.4) is 0 Å². The van der Waals surface area contributed by atoms with Gasteiger partial charge < -0.3 is 5.32 Å². The fourth-order valence-corrected chi connectivity index (χ4v) is 3.79. The van der Waals surface area contributed by atoms with E-state index in [-0.39, 0.29) is 10.6 Å². The Hall–Kier alpha value is -1.03. The van der Waals surface area contributed by atoms with Gasteiger partial charge in [0, 0.05) is 6.54 Å². The van der Waals surface area contributed by atoms with Crippen molar-refractivity contribution in [2.45, 2.75) is 32.1 Å². The summed E-state index contributed by atoms with van der Waals surface area (Å²) < 4.78 is 0. The number of H-pyrrole nitrogens is 1. The number of aromatic amines is 1. The lowest BCUT2D eigenvalue weighted by molar-refractivity contribution is 0.321. The molecule has 18 heavy (non-hydrogen) atoms. The molecular weight excluding hydrogens is 250 g/mol. The highest BCUT2D eigenvalue weighted by Gasteiger charge is 2.38. The van der Waals surface area contributed by atoms with Gasteiger partial charge in [-0.2, -0.15) is 5.10 Å². The molecule has 0 aliphatic heterocycles. The largest absolute Gasteiger partial charge is 0.382 e. The van der Waals surface area contributed by atoms with Gasteiger partial charge in [-0.25, -0.2) is 5.10 Å². The number of halogens is 1. The van der Waals surface area contributed by atoms with Crippen molar-refractivity contribution in [3.8, 4) is 0 Å². The van der Waals surface area contributed by atoms with Crippen LogP contribution < -0.4 is 10.9 Å². The topological polar surface area (TPSA) is 57.8 Å². The standard InChI is InChI=1S/C13H18ClN3O/c14-12-11(7-16-17-13(12)18)15-4-3-10-6-8-1-2-9(10)5-8/h7-10H,1-6H2,(H2,15,17,18). The van der Waals surface area contributed by atoms with Crippen molar-refractivity contribution in [1.82, 2.24) is 10.2 Å². The highest BCUT2D eigenvalue weighted by molar-refractivity contribution is 6.32. The number of nitrogens with zero attached hydrogens (tertiary/aromatic N) is 1. The van der Waals surface area contributed by atoms with Gasteiger partial charge >= 0.3 is 0 Å². The molecule has 1 aromatic rings. The molecule has 3 rings (SSSR count). The van der Waals surface area contributed by atoms with Crippen LogP contribution in [0.5, 0.6) is 0 Å². The quantitative estimate of drug-likeness (QED) is 0.882. The minimum Gasteiger partial charge on any atom is -0.382 e. The molecule has 3 atom stereocenters. The molecule has 0 spiro atoms. The molecule has 2 bridgehead atoms. The molecule has 2 N–H and O–H groups in total. The lowest BCUT2D eigenvalue weighted by Crippen LogP contribution is -2.17. The Labute approximate surface area is 111 Å². The highest BCUT2D eigenvalue weighted by atomic mass is 35.5. The Morgan fingerprint density at radius 2 is 2.33 bits per heavy atom. The van der Waals surface area contributed by atoms with Gasteiger partial charge in [0.05, 0.1) is 11.9 Å². The van der Waals surface area contributed by atoms with Crippen molar-refractivity contribution >= 4 is 17.3 Å². The van der Waals surface area contributed by atoms with Crippen molar-refractivity contribution in [2.75, 3.05) is 11.9 Å². The predicted molar refractivity (Wildman–Crippen MR) is 71.9 cm³/mol. The molecule has 0 amide bonds. The molecule has 0 radical (unpaired) electrons. The summed E-state index contributed by atoms with van der Waals surface area (Å²) in [5, 5.41) is 9.50. The fourth-order valence-electron chi connectivity index (χ4n) is 3.63. The minimum atomic E-state index is -0.332. The Morgan fingerprint density at radius 3 is 3.06 bits per heavy atom. The molecule has 98 valence electrons. The van der Waals surface area contributed by atoms with Crippen LogP contribution in [0.4, 0.5) is 5.69 Å². The van der Waals surface area contributed by atoms with E-state index in [9.17, 15) is 4.79 Å².